The average Bonchev–Trinajstić information content (AvgIpc) is 3.10. The molecule has 0 fully saturated rings. The van der Waals surface area contributed by atoms with E-state index in [1.165, 1.54) is 12.1 Å². The van der Waals surface area contributed by atoms with Crippen molar-refractivity contribution < 1.29 is 17.2 Å². The third-order valence-electron chi connectivity index (χ3n) is 3.04. The monoisotopic (exact) mass is 367 g/mol. The smallest absolute Gasteiger partial charge is 0.263 e. The molecule has 1 aromatic carbocycles. The molecule has 0 atom stereocenters. The molecule has 25 heavy (non-hydrogen) atoms. The van der Waals surface area contributed by atoms with Gasteiger partial charge in [0, 0.05) is 12.3 Å². The molecule has 3 aromatic rings. The number of hydrogen-bond donors (Lipinski definition) is 3. The second-order valence-electron chi connectivity index (χ2n) is 4.80. The number of hydrogen-bond acceptors (Lipinski definition) is 7. The number of aromatic amines is 1. The maximum absolute atomic E-state index is 13.2. The van der Waals surface area contributed by atoms with Crippen LogP contribution in [0.4, 0.5) is 20.3 Å². The lowest BCUT2D eigenvalue weighted by Gasteiger charge is -2.09. The zero-order valence-electron chi connectivity index (χ0n) is 12.4. The first-order valence-electron chi connectivity index (χ1n) is 6.84. The molecule has 0 aliphatic heterocycles. The van der Waals surface area contributed by atoms with Gasteiger partial charge in [-0.2, -0.15) is 5.21 Å². The van der Waals surface area contributed by atoms with Crippen molar-refractivity contribution in [3.05, 3.63) is 54.0 Å². The normalized spacial score (nSPS) is 11.3. The minimum absolute atomic E-state index is 0.0989. The molecule has 0 radical (unpaired) electrons. The van der Waals surface area contributed by atoms with E-state index in [0.29, 0.717) is 11.6 Å². The third-order valence-corrected chi connectivity index (χ3v) is 4.40. The lowest BCUT2D eigenvalue weighted by Crippen LogP contribution is -2.14. The first-order valence-corrected chi connectivity index (χ1v) is 8.32. The molecular weight excluding hydrogens is 356 g/mol. The predicted molar refractivity (Wildman–Crippen MR) is 82.9 cm³/mol. The van der Waals surface area contributed by atoms with Gasteiger partial charge in [-0.3, -0.25) is 4.72 Å². The number of rotatable bonds is 6. The zero-order chi connectivity index (χ0) is 17.9. The number of anilines is 2. The van der Waals surface area contributed by atoms with E-state index in [4.69, 9.17) is 0 Å². The molecular formula is C13H11F2N7O2S. The van der Waals surface area contributed by atoms with Crippen molar-refractivity contribution in [2.45, 2.75) is 11.4 Å². The number of H-pyrrole nitrogens is 1. The van der Waals surface area contributed by atoms with Gasteiger partial charge in [0.1, 0.15) is 10.7 Å². The van der Waals surface area contributed by atoms with Gasteiger partial charge in [0.25, 0.3) is 10.0 Å². The highest BCUT2D eigenvalue weighted by Gasteiger charge is 2.16. The second-order valence-corrected chi connectivity index (χ2v) is 6.48. The fraction of sp³-hybridized carbons (Fsp3) is 0.0769. The summed E-state index contributed by atoms with van der Waals surface area (Å²) in [5.74, 6) is -1.41. The number of halogens is 2. The summed E-state index contributed by atoms with van der Waals surface area (Å²) in [6.45, 7) is 0.253. The van der Waals surface area contributed by atoms with E-state index in [0.717, 1.165) is 24.4 Å². The van der Waals surface area contributed by atoms with Gasteiger partial charge in [0.05, 0.1) is 12.2 Å². The summed E-state index contributed by atoms with van der Waals surface area (Å²) in [6.07, 6.45) is 1.13. The highest BCUT2D eigenvalue weighted by atomic mass is 32.2. The number of nitrogens with one attached hydrogen (secondary N) is 3. The topological polar surface area (TPSA) is 126 Å². The Kier molecular flexibility index (Phi) is 4.52. The number of pyridine rings is 1. The first kappa shape index (κ1) is 16.7. The van der Waals surface area contributed by atoms with Crippen LogP contribution in [0.25, 0.3) is 0 Å². The van der Waals surface area contributed by atoms with Crippen LogP contribution in [0.15, 0.2) is 41.4 Å². The van der Waals surface area contributed by atoms with Crippen molar-refractivity contribution in [2.24, 2.45) is 0 Å². The van der Waals surface area contributed by atoms with Gasteiger partial charge in [-0.1, -0.05) is 5.21 Å². The minimum Gasteiger partial charge on any atom is -0.363 e. The largest absolute Gasteiger partial charge is 0.363 e. The molecule has 3 rings (SSSR count). The summed E-state index contributed by atoms with van der Waals surface area (Å²) in [5.41, 5.74) is -0.0989. The molecule has 0 saturated carbocycles. The maximum Gasteiger partial charge on any atom is 0.263 e. The summed E-state index contributed by atoms with van der Waals surface area (Å²) in [7, 11) is -3.99. The highest BCUT2D eigenvalue weighted by molar-refractivity contribution is 7.92. The van der Waals surface area contributed by atoms with Gasteiger partial charge in [0.15, 0.2) is 17.5 Å². The molecule has 12 heteroatoms. The first-order chi connectivity index (χ1) is 11.9. The van der Waals surface area contributed by atoms with Crippen LogP contribution in [0.1, 0.15) is 5.82 Å². The standard InChI is InChI=1S/C13H11F2N7O2S/c14-10-3-1-8(5-11(10)15)20-25(23,24)9-2-4-12(16-6-9)17-7-13-18-21-22-19-13/h1-6,20H,7H2,(H,16,17)(H,18,19,21,22). The number of aromatic nitrogens is 5. The van der Waals surface area contributed by atoms with Crippen LogP contribution in [0.2, 0.25) is 0 Å². The van der Waals surface area contributed by atoms with E-state index < -0.39 is 21.7 Å². The SMILES string of the molecule is O=S(=O)(Nc1ccc(F)c(F)c1)c1ccc(NCc2nn[nH]n2)nc1. The van der Waals surface area contributed by atoms with Gasteiger partial charge < -0.3 is 5.32 Å². The molecule has 0 aliphatic rings. The molecule has 2 aromatic heterocycles. The minimum atomic E-state index is -3.99. The Morgan fingerprint density at radius 1 is 1.12 bits per heavy atom. The van der Waals surface area contributed by atoms with Gasteiger partial charge in [-0.25, -0.2) is 22.2 Å². The van der Waals surface area contributed by atoms with Gasteiger partial charge >= 0.3 is 0 Å². The van der Waals surface area contributed by atoms with Crippen LogP contribution >= 0.6 is 0 Å². The van der Waals surface area contributed by atoms with Gasteiger partial charge in [-0.15, -0.1) is 10.2 Å². The van der Waals surface area contributed by atoms with Crippen molar-refractivity contribution in [3.63, 3.8) is 0 Å². The van der Waals surface area contributed by atoms with Crippen molar-refractivity contribution in [1.29, 1.82) is 0 Å². The number of sulfonamides is 1. The summed E-state index contributed by atoms with van der Waals surface area (Å²) in [5, 5.41) is 16.1. The molecule has 0 unspecified atom stereocenters. The lowest BCUT2D eigenvalue weighted by atomic mass is 10.3. The Morgan fingerprint density at radius 2 is 1.96 bits per heavy atom. The number of nitrogens with zero attached hydrogens (tertiary/aromatic N) is 4. The van der Waals surface area contributed by atoms with Crippen molar-refractivity contribution in [3.8, 4) is 0 Å². The molecule has 0 bridgehead atoms. The maximum atomic E-state index is 13.2. The Labute approximate surface area is 140 Å². The fourth-order valence-corrected chi connectivity index (χ4v) is 2.84. The lowest BCUT2D eigenvalue weighted by molar-refractivity contribution is 0.509. The third kappa shape index (κ3) is 4.03. The van der Waals surface area contributed by atoms with Crippen LogP contribution in [0.5, 0.6) is 0 Å². The van der Waals surface area contributed by atoms with Crippen LogP contribution in [-0.2, 0) is 16.6 Å². The Morgan fingerprint density at radius 3 is 2.60 bits per heavy atom. The Balaban J connectivity index is 1.70. The van der Waals surface area contributed by atoms with Crippen molar-refractivity contribution in [2.75, 3.05) is 10.0 Å². The Hall–Kier alpha value is -3.15. The molecule has 2 heterocycles. The zero-order valence-corrected chi connectivity index (χ0v) is 13.3. The van der Waals surface area contributed by atoms with E-state index in [-0.39, 0.29) is 17.1 Å². The summed E-state index contributed by atoms with van der Waals surface area (Å²) in [6, 6.07) is 5.45. The van der Waals surface area contributed by atoms with Crippen LogP contribution in [0, 0.1) is 11.6 Å². The van der Waals surface area contributed by atoms with Crippen LogP contribution < -0.4 is 10.0 Å². The molecule has 3 N–H and O–H groups in total. The molecule has 0 aliphatic carbocycles. The Bertz CT molecular complexity index is 963. The highest BCUT2D eigenvalue weighted by Crippen LogP contribution is 2.18. The van der Waals surface area contributed by atoms with Crippen molar-refractivity contribution in [1.82, 2.24) is 25.6 Å². The van der Waals surface area contributed by atoms with Crippen LogP contribution in [-0.4, -0.2) is 34.0 Å². The van der Waals surface area contributed by atoms with E-state index in [9.17, 15) is 17.2 Å². The second kappa shape index (κ2) is 6.76. The molecule has 0 spiro atoms. The number of tetrazole rings is 1. The van der Waals surface area contributed by atoms with Gasteiger partial charge in [-0.05, 0) is 24.3 Å². The van der Waals surface area contributed by atoms with Crippen LogP contribution in [0.3, 0.4) is 0 Å². The van der Waals surface area contributed by atoms with Gasteiger partial charge in [0.2, 0.25) is 0 Å². The molecule has 0 amide bonds. The summed E-state index contributed by atoms with van der Waals surface area (Å²) >= 11 is 0. The quantitative estimate of drug-likeness (QED) is 0.599. The van der Waals surface area contributed by atoms with E-state index in [2.05, 4.69) is 35.6 Å². The number of benzene rings is 1. The molecule has 9 nitrogen and oxygen atoms in total. The van der Waals surface area contributed by atoms with Crippen molar-refractivity contribution >= 4 is 21.5 Å². The molecule has 130 valence electrons. The summed E-state index contributed by atoms with van der Waals surface area (Å²) in [4.78, 5) is 3.83. The average molecular weight is 367 g/mol. The fourth-order valence-electron chi connectivity index (χ4n) is 1.84. The van der Waals surface area contributed by atoms with E-state index >= 15 is 0 Å². The predicted octanol–water partition coefficient (Wildman–Crippen LogP) is 1.29. The van der Waals surface area contributed by atoms with E-state index in [1.54, 1.807) is 0 Å². The molecule has 0 saturated heterocycles. The van der Waals surface area contributed by atoms with E-state index in [1.807, 2.05) is 0 Å². The summed E-state index contributed by atoms with van der Waals surface area (Å²) < 4.78 is 52.7.